The predicted molar refractivity (Wildman–Crippen MR) is 158 cm³/mol. The number of carbonyl (C=O) groups is 3. The molecule has 11 nitrogen and oxygen atoms in total. The molecule has 3 aliphatic heterocycles. The molecule has 0 radical (unpaired) electrons. The third-order valence-electron chi connectivity index (χ3n) is 8.70. The molecule has 0 spiro atoms. The summed E-state index contributed by atoms with van der Waals surface area (Å²) in [6, 6.07) is 3.15. The summed E-state index contributed by atoms with van der Waals surface area (Å²) in [4.78, 5) is 45.0. The third-order valence-corrected chi connectivity index (χ3v) is 8.70. The van der Waals surface area contributed by atoms with E-state index in [4.69, 9.17) is 14.2 Å². The maximum atomic E-state index is 13.8. The Labute approximate surface area is 249 Å². The van der Waals surface area contributed by atoms with Crippen molar-refractivity contribution >= 4 is 17.8 Å². The lowest BCUT2D eigenvalue weighted by molar-refractivity contribution is -0.870. The molecule has 0 unspecified atom stereocenters. The Morgan fingerprint density at radius 1 is 1.14 bits per heavy atom. The molecule has 0 aliphatic carbocycles. The van der Waals surface area contributed by atoms with Crippen LogP contribution in [-0.2, 0) is 14.4 Å². The summed E-state index contributed by atoms with van der Waals surface area (Å²) in [5, 5.41) is 10.5. The fourth-order valence-corrected chi connectivity index (χ4v) is 6.42. The van der Waals surface area contributed by atoms with Gasteiger partial charge in [0, 0.05) is 51.1 Å². The topological polar surface area (TPSA) is 109 Å². The van der Waals surface area contributed by atoms with Gasteiger partial charge in [0.15, 0.2) is 11.5 Å². The molecule has 1 aromatic carbocycles. The molecule has 1 aromatic rings. The Morgan fingerprint density at radius 2 is 1.90 bits per heavy atom. The zero-order valence-corrected chi connectivity index (χ0v) is 26.0. The Morgan fingerprint density at radius 3 is 2.55 bits per heavy atom. The molecular weight excluding hydrogens is 540 g/mol. The molecule has 42 heavy (non-hydrogen) atoms. The lowest BCUT2D eigenvalue weighted by Gasteiger charge is -2.32. The molecule has 234 valence electrons. The predicted octanol–water partition coefficient (Wildman–Crippen LogP) is 2.63. The minimum Gasteiger partial charge on any atom is -0.493 e. The van der Waals surface area contributed by atoms with E-state index in [2.05, 4.69) is 28.1 Å². The number of benzene rings is 1. The van der Waals surface area contributed by atoms with Gasteiger partial charge in [0.1, 0.15) is 0 Å². The van der Waals surface area contributed by atoms with Crippen molar-refractivity contribution in [1.82, 2.24) is 14.7 Å². The summed E-state index contributed by atoms with van der Waals surface area (Å²) in [5.74, 6) is -0.598. The summed E-state index contributed by atoms with van der Waals surface area (Å²) in [6.45, 7) is 6.00. The maximum absolute atomic E-state index is 13.8. The number of likely N-dealkylation sites (tertiary alicyclic amines) is 2. The molecule has 0 aromatic heterocycles. The number of aliphatic carboxylic acids is 1. The highest BCUT2D eigenvalue weighted by Crippen LogP contribution is 2.47. The number of rotatable bonds is 15. The number of methoxy groups -OCH3 is 1. The van der Waals surface area contributed by atoms with Crippen LogP contribution in [0.2, 0.25) is 0 Å². The lowest BCUT2D eigenvalue weighted by atomic mass is 9.84. The van der Waals surface area contributed by atoms with Crippen LogP contribution in [0.5, 0.6) is 17.2 Å². The summed E-state index contributed by atoms with van der Waals surface area (Å²) < 4.78 is 17.6. The average molecular weight is 590 g/mol. The highest BCUT2D eigenvalue weighted by atomic mass is 16.7. The fourth-order valence-electron chi connectivity index (χ4n) is 6.42. The van der Waals surface area contributed by atoms with E-state index in [0.717, 1.165) is 48.7 Å². The molecule has 3 heterocycles. The van der Waals surface area contributed by atoms with Crippen LogP contribution >= 0.6 is 0 Å². The first kappa shape index (κ1) is 31.9. The Balaban J connectivity index is 1.58. The van der Waals surface area contributed by atoms with Crippen LogP contribution in [-0.4, -0.2) is 129 Å². The molecule has 3 aliphatic rings. The van der Waals surface area contributed by atoms with E-state index in [1.807, 2.05) is 21.9 Å². The Kier molecular flexibility index (Phi) is 10.6. The molecule has 4 rings (SSSR count). The number of quaternary nitrogens is 1. The Bertz CT molecular complexity index is 1120. The molecule has 2 saturated heterocycles. The normalized spacial score (nSPS) is 22.2. The smallest absolute Gasteiger partial charge is 0.308 e. The maximum Gasteiger partial charge on any atom is 0.308 e. The van der Waals surface area contributed by atoms with Gasteiger partial charge in [-0.15, -0.1) is 0 Å². The van der Waals surface area contributed by atoms with E-state index >= 15 is 0 Å². The first-order chi connectivity index (χ1) is 20.0. The zero-order chi connectivity index (χ0) is 30.4. The molecule has 0 bridgehead atoms. The molecule has 2 amide bonds. The van der Waals surface area contributed by atoms with Crippen LogP contribution in [0.3, 0.4) is 0 Å². The number of fused-ring (bicyclic) bond motifs is 1. The minimum atomic E-state index is -0.939. The number of carboxylic acids is 1. The van der Waals surface area contributed by atoms with Gasteiger partial charge >= 0.3 is 5.97 Å². The van der Waals surface area contributed by atoms with E-state index in [9.17, 15) is 19.5 Å². The van der Waals surface area contributed by atoms with Gasteiger partial charge in [-0.05, 0) is 43.4 Å². The van der Waals surface area contributed by atoms with Crippen molar-refractivity contribution in [3.8, 4) is 17.2 Å². The van der Waals surface area contributed by atoms with E-state index in [1.165, 1.54) is 0 Å². The lowest BCUT2D eigenvalue weighted by Crippen LogP contribution is -2.49. The van der Waals surface area contributed by atoms with E-state index < -0.39 is 23.8 Å². The van der Waals surface area contributed by atoms with Crippen LogP contribution in [0.4, 0.5) is 0 Å². The second-order valence-corrected chi connectivity index (χ2v) is 12.8. The number of nitrogens with zero attached hydrogens (tertiary/aromatic N) is 4. The highest BCUT2D eigenvalue weighted by Gasteiger charge is 2.49. The molecule has 1 N–H and O–H groups in total. The summed E-state index contributed by atoms with van der Waals surface area (Å²) in [7, 11) is 8.06. The van der Waals surface area contributed by atoms with Gasteiger partial charge in [-0.3, -0.25) is 19.3 Å². The van der Waals surface area contributed by atoms with Crippen molar-refractivity contribution in [2.75, 3.05) is 80.9 Å². The SMILES string of the molecule is CCCCN(CCCC[N+](C)(C)C)C(=O)CN1C[C@H](c2cc(OC)c3c(c2)OCO3)[C@@H](C(=O)O)[C@@H]1CN1CCCC1=O. The number of hydrogen-bond acceptors (Lipinski definition) is 7. The number of hydrogen-bond donors (Lipinski definition) is 1. The fraction of sp³-hybridized carbons (Fsp3) is 0.710. The molecule has 2 fully saturated rings. The van der Waals surface area contributed by atoms with Crippen molar-refractivity contribution in [2.24, 2.45) is 5.92 Å². The van der Waals surface area contributed by atoms with E-state index in [1.54, 1.807) is 12.0 Å². The highest BCUT2D eigenvalue weighted by molar-refractivity contribution is 5.80. The number of unbranched alkanes of at least 4 members (excludes halogenated alkanes) is 2. The Hall–Kier alpha value is -3.05. The first-order valence-corrected chi connectivity index (χ1v) is 15.3. The van der Waals surface area contributed by atoms with Gasteiger partial charge in [0.25, 0.3) is 0 Å². The van der Waals surface area contributed by atoms with Gasteiger partial charge in [-0.1, -0.05) is 13.3 Å². The van der Waals surface area contributed by atoms with Crippen molar-refractivity contribution in [3.63, 3.8) is 0 Å². The summed E-state index contributed by atoms with van der Waals surface area (Å²) in [6.07, 6.45) is 5.10. The van der Waals surface area contributed by atoms with Crippen molar-refractivity contribution in [2.45, 2.75) is 57.4 Å². The third kappa shape index (κ3) is 7.66. The minimum absolute atomic E-state index is 0.0134. The largest absolute Gasteiger partial charge is 0.493 e. The van der Waals surface area contributed by atoms with Gasteiger partial charge in [-0.2, -0.15) is 0 Å². The standard InChI is InChI=1S/C31H48N4O7/c1-6-7-12-32(13-8-9-15-35(2,3)4)28(37)20-34-18-23(22-16-25(40-5)30-26(17-22)41-21-42-30)29(31(38)39)24(34)19-33-14-10-11-27(33)36/h16-17,23-24,29H,6-15,18-21H2,1-5H3/p+1/t23-,24+,29-/m1/s1. The molecule has 3 atom stereocenters. The molecule has 0 saturated carbocycles. The number of carboxylic acid groups (broad SMARTS) is 1. The quantitative estimate of drug-likeness (QED) is 0.246. The van der Waals surface area contributed by atoms with E-state index in [-0.39, 0.29) is 25.2 Å². The second-order valence-electron chi connectivity index (χ2n) is 12.8. The van der Waals surface area contributed by atoms with Gasteiger partial charge in [0.05, 0.1) is 47.3 Å². The monoisotopic (exact) mass is 589 g/mol. The molecule has 11 heteroatoms. The summed E-state index contributed by atoms with van der Waals surface area (Å²) >= 11 is 0. The zero-order valence-electron chi connectivity index (χ0n) is 26.0. The van der Waals surface area contributed by atoms with Gasteiger partial charge in [0.2, 0.25) is 24.4 Å². The summed E-state index contributed by atoms with van der Waals surface area (Å²) in [5.41, 5.74) is 0.763. The van der Waals surface area contributed by atoms with Crippen LogP contribution in [0.15, 0.2) is 12.1 Å². The second kappa shape index (κ2) is 13.9. The first-order valence-electron chi connectivity index (χ1n) is 15.3. The average Bonchev–Trinajstić information content (AvgIpc) is 3.66. The van der Waals surface area contributed by atoms with Crippen LogP contribution in [0.25, 0.3) is 0 Å². The van der Waals surface area contributed by atoms with Crippen LogP contribution in [0.1, 0.15) is 56.9 Å². The van der Waals surface area contributed by atoms with Crippen LogP contribution < -0.4 is 14.2 Å². The van der Waals surface area contributed by atoms with Crippen molar-refractivity contribution < 1.29 is 38.2 Å². The van der Waals surface area contributed by atoms with Gasteiger partial charge < -0.3 is 33.6 Å². The number of ether oxygens (including phenoxy) is 3. The number of amides is 2. The van der Waals surface area contributed by atoms with Gasteiger partial charge in [-0.25, -0.2) is 0 Å². The van der Waals surface area contributed by atoms with E-state index in [0.29, 0.717) is 56.4 Å². The van der Waals surface area contributed by atoms with Crippen molar-refractivity contribution in [3.05, 3.63) is 17.7 Å². The molecular formula is C31H49N4O7+. The van der Waals surface area contributed by atoms with Crippen LogP contribution in [0, 0.1) is 5.92 Å². The number of carbonyl (C=O) groups excluding carboxylic acids is 2. The van der Waals surface area contributed by atoms with Crippen molar-refractivity contribution in [1.29, 1.82) is 0 Å².